The fourth-order valence-corrected chi connectivity index (χ4v) is 3.57. The molecule has 1 aromatic rings. The fraction of sp³-hybridized carbons (Fsp3) is 0.524. The number of nitrogen functional groups attached to an aromatic ring is 1. The Kier molecular flexibility index (Phi) is 8.54. The van der Waals surface area contributed by atoms with Crippen molar-refractivity contribution >= 4 is 17.4 Å². The van der Waals surface area contributed by atoms with Gasteiger partial charge in [0.1, 0.15) is 0 Å². The third-order valence-corrected chi connectivity index (χ3v) is 5.40. The summed E-state index contributed by atoms with van der Waals surface area (Å²) in [5, 5.41) is 0. The molecule has 2 heteroatoms. The third kappa shape index (κ3) is 6.87. The van der Waals surface area contributed by atoms with Crippen LogP contribution in [0, 0.1) is 19.8 Å². The van der Waals surface area contributed by atoms with Crippen molar-refractivity contribution in [1.29, 1.82) is 0 Å². The van der Waals surface area contributed by atoms with Crippen molar-refractivity contribution in [3.8, 4) is 0 Å². The lowest BCUT2D eigenvalue weighted by molar-refractivity contribution is 0.415. The van der Waals surface area contributed by atoms with E-state index in [0.717, 1.165) is 23.6 Å². The zero-order valence-electron chi connectivity index (χ0n) is 15.4. The standard InChI is InChI=1S/C12H17N.C9H16S/c1-8(2)5-11-6-10(4)12(13)7-9(11)3;1-8(10-2)9-6-4-3-5-7-9/h6-7H,1,5,13H2,2-4H3;9H,1,3-7H2,2H3. The molecule has 0 bridgehead atoms. The SMILES string of the molecule is C=C(C)Cc1cc(C)c(N)cc1C.C=C(SC)C1CCCCC1. The van der Waals surface area contributed by atoms with Gasteiger partial charge in [-0.15, -0.1) is 11.8 Å². The lowest BCUT2D eigenvalue weighted by Gasteiger charge is -2.22. The Bertz CT molecular complexity index is 539. The Morgan fingerprint density at radius 1 is 1.13 bits per heavy atom. The van der Waals surface area contributed by atoms with E-state index in [1.165, 1.54) is 53.7 Å². The van der Waals surface area contributed by atoms with Crippen molar-refractivity contribution in [2.45, 2.75) is 59.3 Å². The molecule has 0 saturated heterocycles. The van der Waals surface area contributed by atoms with Crippen LogP contribution in [0.4, 0.5) is 5.69 Å². The molecule has 1 aliphatic carbocycles. The maximum Gasteiger partial charge on any atom is 0.0346 e. The Hall–Kier alpha value is -1.15. The van der Waals surface area contributed by atoms with Crippen LogP contribution in [0.5, 0.6) is 0 Å². The van der Waals surface area contributed by atoms with E-state index >= 15 is 0 Å². The number of aryl methyl sites for hydroxylation is 2. The van der Waals surface area contributed by atoms with Crippen LogP contribution >= 0.6 is 11.8 Å². The van der Waals surface area contributed by atoms with Gasteiger partial charge in [0, 0.05) is 5.69 Å². The van der Waals surface area contributed by atoms with E-state index in [4.69, 9.17) is 5.73 Å². The molecule has 1 fully saturated rings. The summed E-state index contributed by atoms with van der Waals surface area (Å²) in [4.78, 5) is 1.40. The number of benzene rings is 1. The summed E-state index contributed by atoms with van der Waals surface area (Å²) in [6, 6.07) is 4.19. The van der Waals surface area contributed by atoms with Gasteiger partial charge in [-0.25, -0.2) is 0 Å². The summed E-state index contributed by atoms with van der Waals surface area (Å²) >= 11 is 1.84. The smallest absolute Gasteiger partial charge is 0.0346 e. The zero-order valence-corrected chi connectivity index (χ0v) is 16.2. The van der Waals surface area contributed by atoms with Crippen molar-refractivity contribution in [3.63, 3.8) is 0 Å². The van der Waals surface area contributed by atoms with Crippen LogP contribution in [0.3, 0.4) is 0 Å². The minimum absolute atomic E-state index is 0.837. The first-order valence-corrected chi connectivity index (χ1v) is 9.80. The Labute approximate surface area is 147 Å². The van der Waals surface area contributed by atoms with E-state index in [0.29, 0.717) is 0 Å². The van der Waals surface area contributed by atoms with Crippen LogP contribution in [0.2, 0.25) is 0 Å². The van der Waals surface area contributed by atoms with Crippen molar-refractivity contribution < 1.29 is 0 Å². The van der Waals surface area contributed by atoms with Gasteiger partial charge < -0.3 is 5.73 Å². The summed E-state index contributed by atoms with van der Waals surface area (Å²) in [6.07, 6.45) is 10.1. The molecular formula is C21H33NS. The second kappa shape index (κ2) is 9.87. The van der Waals surface area contributed by atoms with Gasteiger partial charge in [0.25, 0.3) is 0 Å². The van der Waals surface area contributed by atoms with Crippen molar-refractivity contribution in [2.24, 2.45) is 5.92 Å². The topological polar surface area (TPSA) is 26.0 Å². The summed E-state index contributed by atoms with van der Waals surface area (Å²) < 4.78 is 0. The maximum atomic E-state index is 5.80. The van der Waals surface area contributed by atoms with Gasteiger partial charge in [-0.3, -0.25) is 0 Å². The van der Waals surface area contributed by atoms with Crippen LogP contribution in [0.15, 0.2) is 35.8 Å². The number of anilines is 1. The molecule has 0 aliphatic heterocycles. The molecule has 0 spiro atoms. The molecule has 0 heterocycles. The van der Waals surface area contributed by atoms with Crippen LogP contribution in [0.25, 0.3) is 0 Å². The Balaban J connectivity index is 0.000000238. The van der Waals surface area contributed by atoms with Gasteiger partial charge in [0.15, 0.2) is 0 Å². The van der Waals surface area contributed by atoms with E-state index in [2.05, 4.69) is 32.4 Å². The quantitative estimate of drug-likeness (QED) is 0.507. The van der Waals surface area contributed by atoms with Gasteiger partial charge >= 0.3 is 0 Å². The van der Waals surface area contributed by atoms with E-state index in [1.807, 2.05) is 31.7 Å². The Morgan fingerprint density at radius 2 is 1.74 bits per heavy atom. The second-order valence-corrected chi connectivity index (χ2v) is 7.71. The molecule has 1 aliphatic rings. The predicted octanol–water partition coefficient (Wildman–Crippen LogP) is 6.45. The second-order valence-electron chi connectivity index (χ2n) is 6.77. The molecule has 1 nitrogen and oxygen atoms in total. The van der Waals surface area contributed by atoms with Crippen molar-refractivity contribution in [1.82, 2.24) is 0 Å². The highest BCUT2D eigenvalue weighted by Gasteiger charge is 2.14. The molecule has 1 aromatic carbocycles. The van der Waals surface area contributed by atoms with Crippen LogP contribution in [-0.4, -0.2) is 6.26 Å². The van der Waals surface area contributed by atoms with Crippen LogP contribution in [0.1, 0.15) is 55.7 Å². The van der Waals surface area contributed by atoms with Crippen molar-refractivity contribution in [2.75, 3.05) is 12.0 Å². The monoisotopic (exact) mass is 331 g/mol. The van der Waals surface area contributed by atoms with Gasteiger partial charge in [-0.05, 0) is 79.9 Å². The molecule has 1 saturated carbocycles. The zero-order chi connectivity index (χ0) is 17.4. The summed E-state index contributed by atoms with van der Waals surface area (Å²) in [7, 11) is 0. The average Bonchev–Trinajstić information content (AvgIpc) is 2.53. The normalized spacial score (nSPS) is 14.8. The first-order valence-electron chi connectivity index (χ1n) is 8.58. The average molecular weight is 332 g/mol. The molecule has 0 aromatic heterocycles. The predicted molar refractivity (Wildman–Crippen MR) is 108 cm³/mol. The summed E-state index contributed by atoms with van der Waals surface area (Å²) in [5.41, 5.74) is 11.6. The molecule has 0 radical (unpaired) electrons. The van der Waals surface area contributed by atoms with Gasteiger partial charge in [0.05, 0.1) is 0 Å². The van der Waals surface area contributed by atoms with Gasteiger partial charge in [-0.2, -0.15) is 0 Å². The first kappa shape index (κ1) is 19.9. The lowest BCUT2D eigenvalue weighted by Crippen LogP contribution is -2.06. The molecule has 128 valence electrons. The largest absolute Gasteiger partial charge is 0.399 e. The van der Waals surface area contributed by atoms with Gasteiger partial charge in [-0.1, -0.05) is 44.1 Å². The lowest BCUT2D eigenvalue weighted by atomic mass is 9.89. The maximum absolute atomic E-state index is 5.80. The minimum Gasteiger partial charge on any atom is -0.399 e. The number of allylic oxidation sites excluding steroid dienone is 2. The third-order valence-electron chi connectivity index (χ3n) is 4.54. The number of thioether (sulfide) groups is 1. The molecule has 2 rings (SSSR count). The summed E-state index contributed by atoms with van der Waals surface area (Å²) in [6.45, 7) is 14.1. The molecule has 0 amide bonds. The highest BCUT2D eigenvalue weighted by atomic mass is 32.2. The highest BCUT2D eigenvalue weighted by molar-refractivity contribution is 8.02. The first-order chi connectivity index (χ1) is 10.8. The molecule has 23 heavy (non-hydrogen) atoms. The molecule has 0 unspecified atom stereocenters. The number of hydrogen-bond donors (Lipinski definition) is 1. The molecular weight excluding hydrogens is 298 g/mol. The van der Waals surface area contributed by atoms with E-state index < -0.39 is 0 Å². The molecule has 0 atom stereocenters. The number of rotatable bonds is 4. The van der Waals surface area contributed by atoms with E-state index in [-0.39, 0.29) is 0 Å². The summed E-state index contributed by atoms with van der Waals surface area (Å²) in [5.74, 6) is 0.837. The van der Waals surface area contributed by atoms with E-state index in [1.54, 1.807) is 0 Å². The molecule has 2 N–H and O–H groups in total. The van der Waals surface area contributed by atoms with Crippen LogP contribution < -0.4 is 5.73 Å². The highest BCUT2D eigenvalue weighted by Crippen LogP contribution is 2.33. The number of nitrogens with two attached hydrogens (primary N) is 1. The van der Waals surface area contributed by atoms with E-state index in [9.17, 15) is 0 Å². The minimum atomic E-state index is 0.837. The van der Waals surface area contributed by atoms with Crippen LogP contribution in [-0.2, 0) is 6.42 Å². The van der Waals surface area contributed by atoms with Gasteiger partial charge in [0.2, 0.25) is 0 Å². The van der Waals surface area contributed by atoms with Crippen molar-refractivity contribution in [3.05, 3.63) is 52.5 Å². The fourth-order valence-electron chi connectivity index (χ4n) is 3.01. The Morgan fingerprint density at radius 3 is 2.26 bits per heavy atom. The number of hydrogen-bond acceptors (Lipinski definition) is 2.